The van der Waals surface area contributed by atoms with Crippen molar-refractivity contribution >= 4 is 11.6 Å². The van der Waals surface area contributed by atoms with Crippen LogP contribution in [0.15, 0.2) is 42.6 Å². The highest BCUT2D eigenvalue weighted by Gasteiger charge is 2.04. The van der Waals surface area contributed by atoms with Crippen molar-refractivity contribution < 1.29 is 4.74 Å². The van der Waals surface area contributed by atoms with Crippen LogP contribution in [-0.2, 0) is 13.2 Å². The zero-order chi connectivity index (χ0) is 14.2. The summed E-state index contributed by atoms with van der Waals surface area (Å²) in [6.45, 7) is 4.41. The topological polar surface area (TPSA) is 34.2 Å². The fourth-order valence-electron chi connectivity index (χ4n) is 1.82. The number of pyridine rings is 1. The van der Waals surface area contributed by atoms with Gasteiger partial charge in [-0.05, 0) is 36.7 Å². The molecule has 0 spiro atoms. The minimum atomic E-state index is 0.495. The molecule has 0 fully saturated rings. The third kappa shape index (κ3) is 4.51. The number of halogens is 1. The molecule has 0 radical (unpaired) electrons. The van der Waals surface area contributed by atoms with Crippen molar-refractivity contribution in [3.8, 4) is 5.88 Å². The number of rotatable bonds is 7. The van der Waals surface area contributed by atoms with Gasteiger partial charge in [-0.15, -0.1) is 0 Å². The van der Waals surface area contributed by atoms with E-state index in [2.05, 4.69) is 17.2 Å². The van der Waals surface area contributed by atoms with Crippen LogP contribution in [0.2, 0.25) is 5.02 Å². The first-order valence-electron chi connectivity index (χ1n) is 6.81. The first kappa shape index (κ1) is 14.8. The molecular weight excluding hydrogens is 272 g/mol. The molecule has 0 saturated carbocycles. The molecule has 4 heteroatoms. The van der Waals surface area contributed by atoms with Crippen molar-refractivity contribution in [2.45, 2.75) is 26.5 Å². The average molecular weight is 291 g/mol. The molecule has 3 nitrogen and oxygen atoms in total. The Hall–Kier alpha value is -1.58. The molecule has 2 aromatic rings. The zero-order valence-electron chi connectivity index (χ0n) is 11.6. The predicted molar refractivity (Wildman–Crippen MR) is 82.0 cm³/mol. The molecule has 0 saturated heterocycles. The molecule has 1 heterocycles. The average Bonchev–Trinajstić information content (AvgIpc) is 2.48. The van der Waals surface area contributed by atoms with Gasteiger partial charge in [0.2, 0.25) is 5.88 Å². The summed E-state index contributed by atoms with van der Waals surface area (Å²) in [6.07, 6.45) is 2.86. The third-order valence-electron chi connectivity index (χ3n) is 2.88. The number of nitrogens with zero attached hydrogens (tertiary/aromatic N) is 1. The summed E-state index contributed by atoms with van der Waals surface area (Å²) in [5, 5.41) is 4.09. The second-order valence-electron chi connectivity index (χ2n) is 4.56. The summed E-state index contributed by atoms with van der Waals surface area (Å²) >= 11 is 5.86. The molecule has 0 bridgehead atoms. The van der Waals surface area contributed by atoms with E-state index in [1.807, 2.05) is 36.4 Å². The molecule has 0 aliphatic rings. The van der Waals surface area contributed by atoms with E-state index in [1.165, 1.54) is 0 Å². The number of nitrogens with one attached hydrogen (secondary N) is 1. The highest BCUT2D eigenvalue weighted by Crippen LogP contribution is 2.17. The van der Waals surface area contributed by atoms with Crippen LogP contribution < -0.4 is 10.1 Å². The maximum atomic E-state index is 5.86. The lowest BCUT2D eigenvalue weighted by molar-refractivity contribution is 0.289. The summed E-state index contributed by atoms with van der Waals surface area (Å²) in [5.41, 5.74) is 2.16. The van der Waals surface area contributed by atoms with Crippen molar-refractivity contribution in [3.63, 3.8) is 0 Å². The number of ether oxygens (including phenoxy) is 1. The Labute approximate surface area is 124 Å². The van der Waals surface area contributed by atoms with Gasteiger partial charge in [-0.1, -0.05) is 36.7 Å². The Morgan fingerprint density at radius 1 is 1.20 bits per heavy atom. The first-order chi connectivity index (χ1) is 9.79. The molecule has 0 atom stereocenters. The lowest BCUT2D eigenvalue weighted by Gasteiger charge is -2.10. The van der Waals surface area contributed by atoms with Gasteiger partial charge < -0.3 is 10.1 Å². The smallest absolute Gasteiger partial charge is 0.218 e. The minimum absolute atomic E-state index is 0.495. The third-order valence-corrected chi connectivity index (χ3v) is 3.13. The summed E-state index contributed by atoms with van der Waals surface area (Å²) in [5.74, 6) is 0.686. The van der Waals surface area contributed by atoms with Gasteiger partial charge in [-0.2, -0.15) is 0 Å². The van der Waals surface area contributed by atoms with E-state index in [4.69, 9.17) is 16.3 Å². The molecule has 0 unspecified atom stereocenters. The molecule has 2 rings (SSSR count). The number of hydrogen-bond acceptors (Lipinski definition) is 3. The van der Waals surface area contributed by atoms with E-state index in [-0.39, 0.29) is 0 Å². The molecule has 1 aromatic carbocycles. The highest BCUT2D eigenvalue weighted by molar-refractivity contribution is 6.30. The normalized spacial score (nSPS) is 10.5. The van der Waals surface area contributed by atoms with Crippen LogP contribution in [0.4, 0.5) is 0 Å². The summed E-state index contributed by atoms with van der Waals surface area (Å²) in [7, 11) is 0. The van der Waals surface area contributed by atoms with Gasteiger partial charge in [0.05, 0.1) is 0 Å². The van der Waals surface area contributed by atoms with Crippen LogP contribution in [0.1, 0.15) is 24.5 Å². The van der Waals surface area contributed by atoms with E-state index in [1.54, 1.807) is 6.20 Å². The summed E-state index contributed by atoms with van der Waals surface area (Å²) in [4.78, 5) is 4.30. The summed E-state index contributed by atoms with van der Waals surface area (Å²) < 4.78 is 5.80. The van der Waals surface area contributed by atoms with Crippen LogP contribution in [0.25, 0.3) is 0 Å². The highest BCUT2D eigenvalue weighted by atomic mass is 35.5. The van der Waals surface area contributed by atoms with Crippen molar-refractivity contribution in [3.05, 3.63) is 58.7 Å². The van der Waals surface area contributed by atoms with E-state index in [0.717, 1.165) is 35.7 Å². The lowest BCUT2D eigenvalue weighted by Crippen LogP contribution is -2.15. The molecule has 1 N–H and O–H groups in total. The zero-order valence-corrected chi connectivity index (χ0v) is 12.4. The lowest BCUT2D eigenvalue weighted by atomic mass is 10.2. The van der Waals surface area contributed by atoms with Gasteiger partial charge in [-0.3, -0.25) is 0 Å². The first-order valence-corrected chi connectivity index (χ1v) is 7.19. The van der Waals surface area contributed by atoms with Crippen LogP contribution in [-0.4, -0.2) is 11.5 Å². The van der Waals surface area contributed by atoms with Gasteiger partial charge >= 0.3 is 0 Å². The van der Waals surface area contributed by atoms with Gasteiger partial charge in [-0.25, -0.2) is 4.98 Å². The second kappa shape index (κ2) is 7.88. The van der Waals surface area contributed by atoms with Crippen molar-refractivity contribution in [2.24, 2.45) is 0 Å². The Morgan fingerprint density at radius 2 is 2.00 bits per heavy atom. The van der Waals surface area contributed by atoms with Crippen molar-refractivity contribution in [1.29, 1.82) is 0 Å². The van der Waals surface area contributed by atoms with Crippen LogP contribution in [0.3, 0.4) is 0 Å². The Morgan fingerprint density at radius 3 is 2.75 bits per heavy atom. The van der Waals surface area contributed by atoms with Gasteiger partial charge in [0, 0.05) is 23.3 Å². The number of hydrogen-bond donors (Lipinski definition) is 1. The van der Waals surface area contributed by atoms with E-state index in [0.29, 0.717) is 12.5 Å². The van der Waals surface area contributed by atoms with Gasteiger partial charge in [0.15, 0.2) is 0 Å². The fraction of sp³-hybridized carbons (Fsp3) is 0.312. The minimum Gasteiger partial charge on any atom is -0.473 e. The molecule has 0 amide bonds. The van der Waals surface area contributed by atoms with Gasteiger partial charge in [0.25, 0.3) is 0 Å². The molecule has 0 aliphatic heterocycles. The Kier molecular flexibility index (Phi) is 5.84. The predicted octanol–water partition coefficient (Wildman–Crippen LogP) is 3.81. The van der Waals surface area contributed by atoms with Crippen LogP contribution in [0.5, 0.6) is 5.88 Å². The second-order valence-corrected chi connectivity index (χ2v) is 5.00. The molecule has 0 aliphatic carbocycles. The largest absolute Gasteiger partial charge is 0.473 e. The SMILES string of the molecule is CCCNCc1cccnc1OCc1ccc(Cl)cc1. The van der Waals surface area contributed by atoms with Crippen molar-refractivity contribution in [2.75, 3.05) is 6.54 Å². The quantitative estimate of drug-likeness (QED) is 0.787. The maximum absolute atomic E-state index is 5.86. The monoisotopic (exact) mass is 290 g/mol. The molecule has 20 heavy (non-hydrogen) atoms. The van der Waals surface area contributed by atoms with Gasteiger partial charge in [0.1, 0.15) is 6.61 Å². The Bertz CT molecular complexity index is 528. The van der Waals surface area contributed by atoms with Crippen LogP contribution >= 0.6 is 11.6 Å². The molecule has 106 valence electrons. The maximum Gasteiger partial charge on any atom is 0.218 e. The van der Waals surface area contributed by atoms with Crippen molar-refractivity contribution in [1.82, 2.24) is 10.3 Å². The molecule has 1 aromatic heterocycles. The standard InChI is InChI=1S/C16H19ClN2O/c1-2-9-18-11-14-4-3-10-19-16(14)20-12-13-5-7-15(17)8-6-13/h3-8,10,18H,2,9,11-12H2,1H3. The van der Waals surface area contributed by atoms with E-state index in [9.17, 15) is 0 Å². The van der Waals surface area contributed by atoms with E-state index < -0.39 is 0 Å². The van der Waals surface area contributed by atoms with E-state index >= 15 is 0 Å². The Balaban J connectivity index is 1.96. The number of benzene rings is 1. The molecular formula is C16H19ClN2O. The number of aromatic nitrogens is 1. The summed E-state index contributed by atoms with van der Waals surface area (Å²) in [6, 6.07) is 11.6. The van der Waals surface area contributed by atoms with Crippen LogP contribution in [0, 0.1) is 0 Å². The fourth-order valence-corrected chi connectivity index (χ4v) is 1.95.